The summed E-state index contributed by atoms with van der Waals surface area (Å²) >= 11 is 5.99. The van der Waals surface area contributed by atoms with E-state index in [0.717, 1.165) is 0 Å². The number of rotatable bonds is 4. The number of halogens is 1. The fourth-order valence-electron chi connectivity index (χ4n) is 2.97. The minimum Gasteiger partial charge on any atom is -0.463 e. The molecule has 0 saturated heterocycles. The Kier molecular flexibility index (Phi) is 5.01. The maximum atomic E-state index is 13.2. The Balaban J connectivity index is 1.90. The number of benzene rings is 2. The highest BCUT2D eigenvalue weighted by atomic mass is 35.5. The van der Waals surface area contributed by atoms with Crippen molar-refractivity contribution in [3.63, 3.8) is 0 Å². The summed E-state index contributed by atoms with van der Waals surface area (Å²) in [5.41, 5.74) is 1.50. The third kappa shape index (κ3) is 3.58. The summed E-state index contributed by atoms with van der Waals surface area (Å²) in [5, 5.41) is 1.06. The average molecular weight is 407 g/mol. The summed E-state index contributed by atoms with van der Waals surface area (Å²) in [4.78, 5) is 29.6. The summed E-state index contributed by atoms with van der Waals surface area (Å²) in [6, 6.07) is 15.7. The minimum absolute atomic E-state index is 0.0740. The van der Waals surface area contributed by atoms with Gasteiger partial charge in [-0.25, -0.2) is 9.78 Å². The topological polar surface area (TPSA) is 74.3 Å². The van der Waals surface area contributed by atoms with Crippen molar-refractivity contribution in [3.8, 4) is 5.69 Å². The number of carbonyl (C=O) groups is 1. The molecule has 0 amide bonds. The molecule has 2 aromatic heterocycles. The number of esters is 1. The van der Waals surface area contributed by atoms with Crippen LogP contribution in [0.25, 0.3) is 28.7 Å². The number of para-hydroxylation sites is 1. The molecule has 0 unspecified atom stereocenters. The smallest absolute Gasteiger partial charge is 0.374 e. The third-order valence-corrected chi connectivity index (χ3v) is 4.62. The quantitative estimate of drug-likeness (QED) is 0.463. The second-order valence-electron chi connectivity index (χ2n) is 6.13. The lowest BCUT2D eigenvalue weighted by atomic mass is 10.2. The first kappa shape index (κ1) is 18.7. The van der Waals surface area contributed by atoms with Gasteiger partial charge in [-0.15, -0.1) is 0 Å². The molecule has 2 heterocycles. The fraction of sp³-hybridized carbons (Fsp3) is 0.0455. The summed E-state index contributed by atoms with van der Waals surface area (Å²) < 4.78 is 11.4. The van der Waals surface area contributed by atoms with E-state index >= 15 is 0 Å². The standard InChI is InChI=1S/C22H15ClN2O4/c1-28-22(27)20-14(12-13-29-20)6-11-19-24-18-5-3-2-4-17(18)21(26)25(19)16-9-7-15(23)8-10-16/h2-13H,1H3. The van der Waals surface area contributed by atoms with Gasteiger partial charge in [-0.2, -0.15) is 0 Å². The van der Waals surface area contributed by atoms with Gasteiger partial charge in [0.2, 0.25) is 5.76 Å². The van der Waals surface area contributed by atoms with Crippen LogP contribution >= 0.6 is 11.6 Å². The van der Waals surface area contributed by atoms with E-state index < -0.39 is 5.97 Å². The van der Waals surface area contributed by atoms with E-state index in [-0.39, 0.29) is 11.3 Å². The molecule has 0 spiro atoms. The molecule has 7 heteroatoms. The number of furan rings is 1. The molecule has 0 saturated carbocycles. The Morgan fingerprint density at radius 3 is 2.62 bits per heavy atom. The van der Waals surface area contributed by atoms with Crippen molar-refractivity contribution in [1.29, 1.82) is 0 Å². The molecule has 4 aromatic rings. The number of carbonyl (C=O) groups excluding carboxylic acids is 1. The van der Waals surface area contributed by atoms with Crippen LogP contribution in [0, 0.1) is 0 Å². The molecule has 0 atom stereocenters. The van der Waals surface area contributed by atoms with Crippen LogP contribution in [0.1, 0.15) is 21.9 Å². The van der Waals surface area contributed by atoms with Crippen molar-refractivity contribution in [3.05, 3.63) is 93.4 Å². The second kappa shape index (κ2) is 7.77. The first-order valence-electron chi connectivity index (χ1n) is 8.70. The number of nitrogens with zero attached hydrogens (tertiary/aromatic N) is 2. The number of methoxy groups -OCH3 is 1. The van der Waals surface area contributed by atoms with Gasteiger partial charge in [-0.1, -0.05) is 23.7 Å². The van der Waals surface area contributed by atoms with Crippen LogP contribution in [-0.4, -0.2) is 22.6 Å². The number of ether oxygens (including phenoxy) is 1. The van der Waals surface area contributed by atoms with Crippen molar-refractivity contribution in [2.45, 2.75) is 0 Å². The van der Waals surface area contributed by atoms with E-state index in [9.17, 15) is 9.59 Å². The molecule has 0 aliphatic rings. The van der Waals surface area contributed by atoms with E-state index in [1.807, 2.05) is 6.07 Å². The van der Waals surface area contributed by atoms with Crippen molar-refractivity contribution in [2.75, 3.05) is 7.11 Å². The number of hydrogen-bond acceptors (Lipinski definition) is 5. The van der Waals surface area contributed by atoms with Crippen LogP contribution in [-0.2, 0) is 4.74 Å². The van der Waals surface area contributed by atoms with Crippen LogP contribution < -0.4 is 5.56 Å². The Labute approximate surface area is 170 Å². The number of aromatic nitrogens is 2. The van der Waals surface area contributed by atoms with Gasteiger partial charge in [0.05, 0.1) is 30.0 Å². The normalized spacial score (nSPS) is 11.2. The summed E-state index contributed by atoms with van der Waals surface area (Å²) in [5.74, 6) is -0.117. The molecule has 0 aliphatic heterocycles. The molecule has 29 heavy (non-hydrogen) atoms. The predicted octanol–water partition coefficient (Wildman–Crippen LogP) is 4.59. The maximum absolute atomic E-state index is 13.2. The van der Waals surface area contributed by atoms with Crippen LogP contribution in [0.4, 0.5) is 0 Å². The molecular weight excluding hydrogens is 392 g/mol. The van der Waals surface area contributed by atoms with Crippen molar-refractivity contribution in [1.82, 2.24) is 9.55 Å². The molecule has 0 radical (unpaired) electrons. The van der Waals surface area contributed by atoms with Gasteiger partial charge < -0.3 is 9.15 Å². The molecule has 4 rings (SSSR count). The van der Waals surface area contributed by atoms with Crippen LogP contribution in [0.15, 0.2) is 70.1 Å². The second-order valence-corrected chi connectivity index (χ2v) is 6.57. The Hall–Kier alpha value is -3.64. The Morgan fingerprint density at radius 2 is 1.86 bits per heavy atom. The molecule has 6 nitrogen and oxygen atoms in total. The highest BCUT2D eigenvalue weighted by molar-refractivity contribution is 6.30. The molecule has 0 N–H and O–H groups in total. The van der Waals surface area contributed by atoms with E-state index in [0.29, 0.717) is 33.0 Å². The lowest BCUT2D eigenvalue weighted by molar-refractivity contribution is 0.0565. The van der Waals surface area contributed by atoms with E-state index in [2.05, 4.69) is 4.98 Å². The van der Waals surface area contributed by atoms with Gasteiger partial charge in [-0.3, -0.25) is 9.36 Å². The van der Waals surface area contributed by atoms with Crippen molar-refractivity contribution in [2.24, 2.45) is 0 Å². The molecule has 2 aromatic carbocycles. The fourth-order valence-corrected chi connectivity index (χ4v) is 3.10. The first-order valence-corrected chi connectivity index (χ1v) is 9.08. The largest absolute Gasteiger partial charge is 0.463 e. The SMILES string of the molecule is COC(=O)c1occc1C=Cc1nc2ccccc2c(=O)n1-c1ccc(Cl)cc1. The molecule has 0 aliphatic carbocycles. The van der Waals surface area contributed by atoms with Gasteiger partial charge in [0.15, 0.2) is 0 Å². The third-order valence-electron chi connectivity index (χ3n) is 4.36. The number of fused-ring (bicyclic) bond motifs is 1. The summed E-state index contributed by atoms with van der Waals surface area (Å²) in [6.07, 6.45) is 4.70. The van der Waals surface area contributed by atoms with Gasteiger partial charge in [0.1, 0.15) is 5.82 Å². The van der Waals surface area contributed by atoms with E-state index in [4.69, 9.17) is 20.8 Å². The molecule has 0 bridgehead atoms. The summed E-state index contributed by atoms with van der Waals surface area (Å²) in [6.45, 7) is 0. The van der Waals surface area contributed by atoms with Gasteiger partial charge in [-0.05, 0) is 54.6 Å². The molecule has 0 fully saturated rings. The van der Waals surface area contributed by atoms with Gasteiger partial charge in [0.25, 0.3) is 5.56 Å². The number of hydrogen-bond donors (Lipinski definition) is 0. The van der Waals surface area contributed by atoms with E-state index in [1.165, 1.54) is 17.9 Å². The van der Waals surface area contributed by atoms with E-state index in [1.54, 1.807) is 60.7 Å². The zero-order chi connectivity index (χ0) is 20.4. The minimum atomic E-state index is -0.587. The average Bonchev–Trinajstić information content (AvgIpc) is 3.21. The highest BCUT2D eigenvalue weighted by Gasteiger charge is 2.15. The molecule has 144 valence electrons. The Morgan fingerprint density at radius 1 is 1.10 bits per heavy atom. The first-order chi connectivity index (χ1) is 14.1. The maximum Gasteiger partial charge on any atom is 0.374 e. The van der Waals surface area contributed by atoms with Crippen LogP contribution in [0.3, 0.4) is 0 Å². The van der Waals surface area contributed by atoms with Gasteiger partial charge in [0, 0.05) is 10.6 Å². The van der Waals surface area contributed by atoms with Crippen LogP contribution in [0.5, 0.6) is 0 Å². The zero-order valence-corrected chi connectivity index (χ0v) is 16.1. The highest BCUT2D eigenvalue weighted by Crippen LogP contribution is 2.19. The molecular formula is C22H15ClN2O4. The lowest BCUT2D eigenvalue weighted by Gasteiger charge is -2.11. The monoisotopic (exact) mass is 406 g/mol. The van der Waals surface area contributed by atoms with Crippen molar-refractivity contribution >= 4 is 40.6 Å². The predicted molar refractivity (Wildman–Crippen MR) is 111 cm³/mol. The van der Waals surface area contributed by atoms with Gasteiger partial charge >= 0.3 is 5.97 Å². The van der Waals surface area contributed by atoms with Crippen molar-refractivity contribution < 1.29 is 13.9 Å². The summed E-state index contributed by atoms with van der Waals surface area (Å²) in [7, 11) is 1.28. The lowest BCUT2D eigenvalue weighted by Crippen LogP contribution is -2.22. The Bertz CT molecular complexity index is 1290. The zero-order valence-electron chi connectivity index (χ0n) is 15.3. The van der Waals surface area contributed by atoms with Crippen LogP contribution in [0.2, 0.25) is 5.02 Å².